The summed E-state index contributed by atoms with van der Waals surface area (Å²) in [4.78, 5) is 13.4. The summed E-state index contributed by atoms with van der Waals surface area (Å²) >= 11 is 0. The first-order chi connectivity index (χ1) is 12.6. The Bertz CT molecular complexity index is 623. The van der Waals surface area contributed by atoms with Gasteiger partial charge in [-0.3, -0.25) is 9.69 Å². The van der Waals surface area contributed by atoms with Gasteiger partial charge in [0.05, 0.1) is 0 Å². The second kappa shape index (κ2) is 8.93. The lowest BCUT2D eigenvalue weighted by Gasteiger charge is -2.35. The third-order valence-corrected chi connectivity index (χ3v) is 4.52. The summed E-state index contributed by atoms with van der Waals surface area (Å²) in [6.45, 7) is 6.89. The van der Waals surface area contributed by atoms with Crippen LogP contribution in [0, 0.1) is 0 Å². The van der Waals surface area contributed by atoms with Gasteiger partial charge in [0.25, 0.3) is 5.91 Å². The standard InChI is InChI=1S/C19H28F3N3O2/c1-18(2,3)14-6-4-5-7-15(14)27-13-17(26)24-12-16(19(20,21)22)25-10-8-23-9-11-25/h4-7,16,23H,8-13H2,1-3H3,(H,24,26). The number of carbonyl (C=O) groups excluding carboxylic acids is 1. The van der Waals surface area contributed by atoms with E-state index in [2.05, 4.69) is 10.6 Å². The van der Waals surface area contributed by atoms with Crippen LogP contribution in [0.15, 0.2) is 24.3 Å². The van der Waals surface area contributed by atoms with Crippen molar-refractivity contribution in [3.05, 3.63) is 29.8 Å². The Morgan fingerprint density at radius 3 is 2.44 bits per heavy atom. The first-order valence-corrected chi connectivity index (χ1v) is 9.09. The lowest BCUT2D eigenvalue weighted by molar-refractivity contribution is -0.184. The number of nitrogens with zero attached hydrogens (tertiary/aromatic N) is 1. The molecule has 2 N–H and O–H groups in total. The van der Waals surface area contributed by atoms with Crippen LogP contribution < -0.4 is 15.4 Å². The average molecular weight is 387 g/mol. The highest BCUT2D eigenvalue weighted by molar-refractivity contribution is 5.77. The molecular formula is C19H28F3N3O2. The number of benzene rings is 1. The Kier molecular flexibility index (Phi) is 7.11. The molecule has 1 amide bonds. The van der Waals surface area contributed by atoms with Gasteiger partial charge in [-0.05, 0) is 17.0 Å². The molecule has 1 fully saturated rings. The first kappa shape index (κ1) is 21.5. The number of hydrogen-bond donors (Lipinski definition) is 2. The molecule has 1 atom stereocenters. The summed E-state index contributed by atoms with van der Waals surface area (Å²) < 4.78 is 45.6. The van der Waals surface area contributed by atoms with E-state index in [-0.39, 0.29) is 12.0 Å². The van der Waals surface area contributed by atoms with Crippen molar-refractivity contribution in [2.24, 2.45) is 0 Å². The van der Waals surface area contributed by atoms with E-state index in [9.17, 15) is 18.0 Å². The smallest absolute Gasteiger partial charge is 0.405 e. The third-order valence-electron chi connectivity index (χ3n) is 4.52. The SMILES string of the molecule is CC(C)(C)c1ccccc1OCC(=O)NCC(N1CCNCC1)C(F)(F)F. The average Bonchev–Trinajstić information content (AvgIpc) is 2.59. The number of para-hydroxylation sites is 1. The summed E-state index contributed by atoms with van der Waals surface area (Å²) in [5.41, 5.74) is 0.767. The Labute approximate surface area is 158 Å². The van der Waals surface area contributed by atoms with Crippen LogP contribution in [0.25, 0.3) is 0 Å². The highest BCUT2D eigenvalue weighted by Crippen LogP contribution is 2.30. The summed E-state index contributed by atoms with van der Waals surface area (Å²) in [7, 11) is 0. The van der Waals surface area contributed by atoms with E-state index in [0.717, 1.165) is 5.56 Å². The van der Waals surface area contributed by atoms with E-state index < -0.39 is 24.7 Å². The van der Waals surface area contributed by atoms with Crippen LogP contribution >= 0.6 is 0 Å². The number of amides is 1. The number of hydrogen-bond acceptors (Lipinski definition) is 4. The van der Waals surface area contributed by atoms with Crippen molar-refractivity contribution in [2.75, 3.05) is 39.3 Å². The summed E-state index contributed by atoms with van der Waals surface area (Å²) in [6, 6.07) is 5.66. The van der Waals surface area contributed by atoms with Gasteiger partial charge >= 0.3 is 6.18 Å². The fourth-order valence-corrected chi connectivity index (χ4v) is 3.06. The van der Waals surface area contributed by atoms with Crippen LogP contribution in [0.1, 0.15) is 26.3 Å². The van der Waals surface area contributed by atoms with Crippen molar-refractivity contribution in [2.45, 2.75) is 38.4 Å². The van der Waals surface area contributed by atoms with Crippen LogP contribution in [0.2, 0.25) is 0 Å². The number of nitrogens with one attached hydrogen (secondary N) is 2. The Hall–Kier alpha value is -1.80. The van der Waals surface area contributed by atoms with E-state index in [1.165, 1.54) is 4.90 Å². The molecule has 1 unspecified atom stereocenters. The Balaban J connectivity index is 1.91. The van der Waals surface area contributed by atoms with Crippen molar-refractivity contribution >= 4 is 5.91 Å². The molecule has 1 aromatic carbocycles. The number of halogens is 3. The van der Waals surface area contributed by atoms with Crippen molar-refractivity contribution in [3.63, 3.8) is 0 Å². The van der Waals surface area contributed by atoms with E-state index in [1.807, 2.05) is 32.9 Å². The minimum Gasteiger partial charge on any atom is -0.483 e. The zero-order valence-corrected chi connectivity index (χ0v) is 16.0. The number of rotatable bonds is 6. The molecule has 0 aromatic heterocycles. The van der Waals surface area contributed by atoms with Crippen molar-refractivity contribution < 1.29 is 22.7 Å². The molecule has 1 saturated heterocycles. The van der Waals surface area contributed by atoms with Crippen LogP contribution in [-0.2, 0) is 10.2 Å². The predicted octanol–water partition coefficient (Wildman–Crippen LogP) is 2.32. The second-order valence-electron chi connectivity index (χ2n) is 7.68. The Morgan fingerprint density at radius 1 is 1.22 bits per heavy atom. The van der Waals surface area contributed by atoms with E-state index in [0.29, 0.717) is 31.9 Å². The fourth-order valence-electron chi connectivity index (χ4n) is 3.06. The van der Waals surface area contributed by atoms with E-state index in [4.69, 9.17) is 4.74 Å². The molecule has 0 spiro atoms. The fraction of sp³-hybridized carbons (Fsp3) is 0.632. The lowest BCUT2D eigenvalue weighted by atomic mass is 9.86. The van der Waals surface area contributed by atoms with Gasteiger partial charge < -0.3 is 15.4 Å². The monoisotopic (exact) mass is 387 g/mol. The summed E-state index contributed by atoms with van der Waals surface area (Å²) in [5.74, 6) is -0.00211. The molecule has 1 aliphatic heterocycles. The van der Waals surface area contributed by atoms with Gasteiger partial charge in [0.2, 0.25) is 0 Å². The molecule has 0 radical (unpaired) electrons. The topological polar surface area (TPSA) is 53.6 Å². The van der Waals surface area contributed by atoms with Gasteiger partial charge in [-0.2, -0.15) is 13.2 Å². The van der Waals surface area contributed by atoms with Gasteiger partial charge in [-0.1, -0.05) is 39.0 Å². The lowest BCUT2D eigenvalue weighted by Crippen LogP contribution is -2.57. The molecule has 0 bridgehead atoms. The number of piperazine rings is 1. The third kappa shape index (κ3) is 6.39. The molecule has 0 saturated carbocycles. The van der Waals surface area contributed by atoms with Crippen molar-refractivity contribution in [1.29, 1.82) is 0 Å². The van der Waals surface area contributed by atoms with Crippen LogP contribution in [-0.4, -0.2) is 62.4 Å². The first-order valence-electron chi connectivity index (χ1n) is 9.09. The van der Waals surface area contributed by atoms with Crippen LogP contribution in [0.3, 0.4) is 0 Å². The normalized spacial score (nSPS) is 17.4. The Morgan fingerprint density at radius 2 is 1.85 bits per heavy atom. The van der Waals surface area contributed by atoms with Crippen LogP contribution in [0.4, 0.5) is 13.2 Å². The minimum atomic E-state index is -4.40. The zero-order valence-electron chi connectivity index (χ0n) is 16.0. The second-order valence-corrected chi connectivity index (χ2v) is 7.68. The predicted molar refractivity (Wildman–Crippen MR) is 97.9 cm³/mol. The maximum absolute atomic E-state index is 13.3. The molecule has 1 heterocycles. The molecule has 8 heteroatoms. The van der Waals surface area contributed by atoms with E-state index >= 15 is 0 Å². The van der Waals surface area contributed by atoms with Gasteiger partial charge in [0.1, 0.15) is 11.8 Å². The zero-order chi connectivity index (χ0) is 20.1. The van der Waals surface area contributed by atoms with Gasteiger partial charge in [0.15, 0.2) is 6.61 Å². The molecule has 2 rings (SSSR count). The van der Waals surface area contributed by atoms with Crippen molar-refractivity contribution in [1.82, 2.24) is 15.5 Å². The summed E-state index contributed by atoms with van der Waals surface area (Å²) in [6.07, 6.45) is -4.40. The molecule has 5 nitrogen and oxygen atoms in total. The highest BCUT2D eigenvalue weighted by atomic mass is 19.4. The maximum Gasteiger partial charge on any atom is 0.405 e. The van der Waals surface area contributed by atoms with Crippen molar-refractivity contribution in [3.8, 4) is 5.75 Å². The van der Waals surface area contributed by atoms with Crippen LogP contribution in [0.5, 0.6) is 5.75 Å². The molecule has 1 aromatic rings. The molecule has 152 valence electrons. The number of ether oxygens (including phenoxy) is 1. The number of carbonyl (C=O) groups is 1. The quantitative estimate of drug-likeness (QED) is 0.787. The minimum absolute atomic E-state index is 0.170. The van der Waals surface area contributed by atoms with Gasteiger partial charge in [-0.25, -0.2) is 0 Å². The maximum atomic E-state index is 13.3. The van der Waals surface area contributed by atoms with Gasteiger partial charge in [0, 0.05) is 32.7 Å². The molecular weight excluding hydrogens is 359 g/mol. The summed E-state index contributed by atoms with van der Waals surface area (Å²) in [5, 5.41) is 5.39. The largest absolute Gasteiger partial charge is 0.483 e. The molecule has 27 heavy (non-hydrogen) atoms. The molecule has 0 aliphatic carbocycles. The number of alkyl halides is 3. The highest BCUT2D eigenvalue weighted by Gasteiger charge is 2.43. The van der Waals surface area contributed by atoms with E-state index in [1.54, 1.807) is 12.1 Å². The van der Waals surface area contributed by atoms with Gasteiger partial charge in [-0.15, -0.1) is 0 Å². The molecule has 1 aliphatic rings.